The van der Waals surface area contributed by atoms with Gasteiger partial charge in [-0.1, -0.05) is 36.4 Å². The van der Waals surface area contributed by atoms with Crippen molar-refractivity contribution >= 4 is 11.5 Å². The molecule has 3 aromatic rings. The summed E-state index contributed by atoms with van der Waals surface area (Å²) in [6.07, 6.45) is 1.63. The lowest BCUT2D eigenvalue weighted by molar-refractivity contribution is -0.130. The molecular weight excluding hydrogens is 371 g/mol. The summed E-state index contributed by atoms with van der Waals surface area (Å²) in [7, 11) is 1.56. The van der Waals surface area contributed by atoms with E-state index in [1.165, 1.54) is 11.0 Å². The van der Waals surface area contributed by atoms with Crippen LogP contribution in [0.1, 0.15) is 22.9 Å². The number of aromatic nitrogens is 1. The molecule has 0 aliphatic carbocycles. The molecule has 146 valence electrons. The maximum atomic E-state index is 14.7. The molecule has 1 atom stereocenters. The number of aliphatic hydroxyl groups excluding tert-OH is 1. The highest BCUT2D eigenvalue weighted by Crippen LogP contribution is 2.44. The summed E-state index contributed by atoms with van der Waals surface area (Å²) in [5.41, 5.74) is 1.93. The number of aliphatic hydroxyl groups is 1. The van der Waals surface area contributed by atoms with Gasteiger partial charge < -0.3 is 14.7 Å². The molecule has 29 heavy (non-hydrogen) atoms. The van der Waals surface area contributed by atoms with Crippen molar-refractivity contribution in [2.24, 2.45) is 0 Å². The number of hydrogen-bond donors (Lipinski definition) is 1. The molecule has 1 aliphatic heterocycles. The Kier molecular flexibility index (Phi) is 4.99. The molecule has 1 aliphatic rings. The van der Waals surface area contributed by atoms with Gasteiger partial charge in [-0.25, -0.2) is 4.39 Å². The van der Waals surface area contributed by atoms with Crippen molar-refractivity contribution in [2.45, 2.75) is 12.6 Å². The van der Waals surface area contributed by atoms with Crippen LogP contribution in [0, 0.1) is 5.82 Å². The minimum absolute atomic E-state index is 0.141. The summed E-state index contributed by atoms with van der Waals surface area (Å²) in [4.78, 5) is 18.7. The first-order valence-corrected chi connectivity index (χ1v) is 9.13. The van der Waals surface area contributed by atoms with Crippen LogP contribution in [0.3, 0.4) is 0 Å². The zero-order valence-electron chi connectivity index (χ0n) is 15.7. The van der Waals surface area contributed by atoms with Crippen molar-refractivity contribution in [3.63, 3.8) is 0 Å². The van der Waals surface area contributed by atoms with E-state index >= 15 is 0 Å². The molecule has 1 amide bonds. The average molecular weight is 390 g/mol. The molecule has 5 nitrogen and oxygen atoms in total. The zero-order valence-corrected chi connectivity index (χ0v) is 15.7. The number of hydrogen-bond acceptors (Lipinski definition) is 4. The topological polar surface area (TPSA) is 62.7 Å². The third kappa shape index (κ3) is 3.45. The lowest BCUT2D eigenvalue weighted by atomic mass is 9.93. The van der Waals surface area contributed by atoms with Crippen molar-refractivity contribution < 1.29 is 19.0 Å². The number of carbonyl (C=O) groups excluding carboxylic acids is 1. The van der Waals surface area contributed by atoms with Crippen molar-refractivity contribution in [1.29, 1.82) is 0 Å². The van der Waals surface area contributed by atoms with E-state index in [1.54, 1.807) is 67.9 Å². The van der Waals surface area contributed by atoms with E-state index < -0.39 is 17.8 Å². The molecule has 1 unspecified atom stereocenters. The van der Waals surface area contributed by atoms with Gasteiger partial charge in [0.05, 0.1) is 25.4 Å². The minimum atomic E-state index is -0.779. The normalized spacial score (nSPS) is 16.4. The van der Waals surface area contributed by atoms with Gasteiger partial charge in [-0.3, -0.25) is 9.78 Å². The third-order valence-corrected chi connectivity index (χ3v) is 4.96. The molecule has 2 heterocycles. The second-order valence-electron chi connectivity index (χ2n) is 6.67. The summed E-state index contributed by atoms with van der Waals surface area (Å²) in [5, 5.41) is 10.7. The lowest BCUT2D eigenvalue weighted by Crippen LogP contribution is -2.30. The van der Waals surface area contributed by atoms with E-state index in [0.29, 0.717) is 28.1 Å². The van der Waals surface area contributed by atoms with Gasteiger partial charge in [-0.15, -0.1) is 0 Å². The molecule has 0 fully saturated rings. The van der Waals surface area contributed by atoms with Gasteiger partial charge in [0.25, 0.3) is 5.91 Å². The van der Waals surface area contributed by atoms with Crippen LogP contribution in [-0.4, -0.2) is 28.0 Å². The number of amides is 1. The standard InChI is InChI=1S/C23H19FN2O3/c1-29-17-11-9-15(10-12-17)20-21(18-7-2-3-8-19(18)24)26(23(28)22(20)27)14-16-6-4-5-13-25-16/h2-13,21,27H,14H2,1H3. The van der Waals surface area contributed by atoms with E-state index in [-0.39, 0.29) is 12.3 Å². The average Bonchev–Trinajstić information content (AvgIpc) is 3.00. The molecule has 6 heteroatoms. The molecule has 2 aromatic carbocycles. The van der Waals surface area contributed by atoms with E-state index in [9.17, 15) is 14.3 Å². The minimum Gasteiger partial charge on any atom is -0.503 e. The summed E-state index contributed by atoms with van der Waals surface area (Å²) in [5.74, 6) is -0.753. The number of ether oxygens (including phenoxy) is 1. The summed E-state index contributed by atoms with van der Waals surface area (Å²) >= 11 is 0. The van der Waals surface area contributed by atoms with Gasteiger partial charge >= 0.3 is 0 Å². The lowest BCUT2D eigenvalue weighted by Gasteiger charge is -2.27. The molecule has 4 rings (SSSR count). The van der Waals surface area contributed by atoms with E-state index in [0.717, 1.165) is 0 Å². The largest absolute Gasteiger partial charge is 0.503 e. The van der Waals surface area contributed by atoms with Crippen molar-refractivity contribution in [1.82, 2.24) is 9.88 Å². The smallest absolute Gasteiger partial charge is 0.290 e. The van der Waals surface area contributed by atoms with Crippen LogP contribution in [-0.2, 0) is 11.3 Å². The van der Waals surface area contributed by atoms with Crippen LogP contribution in [0.5, 0.6) is 5.75 Å². The second-order valence-corrected chi connectivity index (χ2v) is 6.67. The number of halogens is 1. The highest BCUT2D eigenvalue weighted by Gasteiger charge is 2.42. The SMILES string of the molecule is COc1ccc(C2=C(O)C(=O)N(Cc3ccccn3)C2c2ccccc2F)cc1. The first kappa shape index (κ1) is 18.7. The summed E-state index contributed by atoms with van der Waals surface area (Å²) in [6, 6.07) is 17.8. The van der Waals surface area contributed by atoms with Gasteiger partial charge in [-0.2, -0.15) is 0 Å². The molecule has 0 spiro atoms. The second kappa shape index (κ2) is 7.75. The summed E-state index contributed by atoms with van der Waals surface area (Å²) in [6.45, 7) is 0.141. The van der Waals surface area contributed by atoms with Gasteiger partial charge in [0, 0.05) is 17.3 Å². The number of methoxy groups -OCH3 is 1. The van der Waals surface area contributed by atoms with E-state index in [2.05, 4.69) is 4.98 Å². The van der Waals surface area contributed by atoms with Crippen LogP contribution in [0.15, 0.2) is 78.7 Å². The Morgan fingerprint density at radius 2 is 1.79 bits per heavy atom. The monoisotopic (exact) mass is 390 g/mol. The number of carbonyl (C=O) groups is 1. The number of benzene rings is 2. The Labute approximate surface area is 167 Å². The molecule has 1 aromatic heterocycles. The number of nitrogens with zero attached hydrogens (tertiary/aromatic N) is 2. The van der Waals surface area contributed by atoms with Crippen LogP contribution in [0.2, 0.25) is 0 Å². The highest BCUT2D eigenvalue weighted by atomic mass is 19.1. The van der Waals surface area contributed by atoms with Crippen molar-refractivity contribution in [2.75, 3.05) is 7.11 Å². The molecule has 1 N–H and O–H groups in total. The first-order valence-electron chi connectivity index (χ1n) is 9.13. The fourth-order valence-electron chi connectivity index (χ4n) is 3.57. The third-order valence-electron chi connectivity index (χ3n) is 4.96. The van der Waals surface area contributed by atoms with Crippen molar-refractivity contribution in [3.8, 4) is 5.75 Å². The van der Waals surface area contributed by atoms with Crippen LogP contribution < -0.4 is 4.74 Å². The molecule has 0 saturated carbocycles. The number of rotatable bonds is 5. The Balaban J connectivity index is 1.83. The molecule has 0 radical (unpaired) electrons. The zero-order chi connectivity index (χ0) is 20.4. The van der Waals surface area contributed by atoms with Crippen LogP contribution in [0.4, 0.5) is 4.39 Å². The van der Waals surface area contributed by atoms with Gasteiger partial charge in [0.1, 0.15) is 11.6 Å². The van der Waals surface area contributed by atoms with Gasteiger partial charge in [0.15, 0.2) is 5.76 Å². The van der Waals surface area contributed by atoms with Crippen LogP contribution >= 0.6 is 0 Å². The molecule has 0 bridgehead atoms. The Morgan fingerprint density at radius 3 is 2.45 bits per heavy atom. The van der Waals surface area contributed by atoms with Gasteiger partial charge in [-0.05, 0) is 35.9 Å². The molecule has 0 saturated heterocycles. The maximum absolute atomic E-state index is 14.7. The van der Waals surface area contributed by atoms with E-state index in [1.807, 2.05) is 6.07 Å². The van der Waals surface area contributed by atoms with Gasteiger partial charge in [0.2, 0.25) is 0 Å². The Bertz CT molecular complexity index is 1060. The summed E-state index contributed by atoms with van der Waals surface area (Å²) < 4.78 is 19.9. The molecular formula is C23H19FN2O3. The quantitative estimate of drug-likeness (QED) is 0.706. The van der Waals surface area contributed by atoms with E-state index in [4.69, 9.17) is 4.74 Å². The maximum Gasteiger partial charge on any atom is 0.290 e. The number of pyridine rings is 1. The highest BCUT2D eigenvalue weighted by molar-refractivity contribution is 6.05. The Morgan fingerprint density at radius 1 is 1.07 bits per heavy atom. The fraction of sp³-hybridized carbons (Fsp3) is 0.130. The predicted molar refractivity (Wildman–Crippen MR) is 106 cm³/mol. The first-order chi connectivity index (χ1) is 14.1. The Hall–Kier alpha value is -3.67. The van der Waals surface area contributed by atoms with Crippen molar-refractivity contribution in [3.05, 3.63) is 101 Å². The fourth-order valence-corrected chi connectivity index (χ4v) is 3.57. The van der Waals surface area contributed by atoms with Crippen LogP contribution in [0.25, 0.3) is 5.57 Å². The predicted octanol–water partition coefficient (Wildman–Crippen LogP) is 4.28.